The smallest absolute Gasteiger partial charge is 0.274 e. The molecule has 6 heteroatoms. The van der Waals surface area contributed by atoms with Gasteiger partial charge in [0.2, 0.25) is 0 Å². The summed E-state index contributed by atoms with van der Waals surface area (Å²) in [5.41, 5.74) is 2.71. The van der Waals surface area contributed by atoms with Crippen LogP contribution in [0.25, 0.3) is 0 Å². The summed E-state index contributed by atoms with van der Waals surface area (Å²) in [6.45, 7) is 0.739. The highest BCUT2D eigenvalue weighted by Crippen LogP contribution is 2.20. The molecule has 0 fully saturated rings. The zero-order valence-corrected chi connectivity index (χ0v) is 14.6. The Morgan fingerprint density at radius 1 is 1.04 bits per heavy atom. The zero-order valence-electron chi connectivity index (χ0n) is 13.9. The molecule has 1 amide bonds. The van der Waals surface area contributed by atoms with Crippen LogP contribution in [0.1, 0.15) is 16.1 Å². The van der Waals surface area contributed by atoms with Crippen molar-refractivity contribution in [3.8, 4) is 0 Å². The minimum atomic E-state index is -0.535. The van der Waals surface area contributed by atoms with E-state index in [2.05, 4.69) is 27.8 Å². The number of hydrogen-bond donors (Lipinski definition) is 2. The Balaban J connectivity index is 1.60. The Morgan fingerprint density at radius 2 is 1.85 bits per heavy atom. The van der Waals surface area contributed by atoms with Crippen molar-refractivity contribution in [2.45, 2.75) is 6.42 Å². The molecule has 0 aliphatic heterocycles. The summed E-state index contributed by atoms with van der Waals surface area (Å²) >= 11 is 5.72. The molecule has 1 heterocycles. The van der Waals surface area contributed by atoms with Crippen LogP contribution < -0.4 is 10.6 Å². The van der Waals surface area contributed by atoms with Crippen molar-refractivity contribution in [2.24, 2.45) is 0 Å². The van der Waals surface area contributed by atoms with Crippen molar-refractivity contribution in [1.82, 2.24) is 4.98 Å². The maximum atomic E-state index is 13.2. The van der Waals surface area contributed by atoms with Crippen LogP contribution in [0.2, 0.25) is 5.02 Å². The van der Waals surface area contributed by atoms with E-state index in [1.165, 1.54) is 23.8 Å². The van der Waals surface area contributed by atoms with Crippen LogP contribution in [0.3, 0.4) is 0 Å². The molecule has 0 spiro atoms. The molecule has 0 aliphatic rings. The fourth-order valence-corrected chi connectivity index (χ4v) is 2.61. The normalized spacial score (nSPS) is 10.4. The third-order valence-corrected chi connectivity index (χ3v) is 4.05. The number of hydrogen-bond acceptors (Lipinski definition) is 3. The van der Waals surface area contributed by atoms with Gasteiger partial charge in [0.15, 0.2) is 0 Å². The average Bonchev–Trinajstić information content (AvgIpc) is 2.66. The molecule has 0 atom stereocenters. The van der Waals surface area contributed by atoms with E-state index in [9.17, 15) is 9.18 Å². The lowest BCUT2D eigenvalue weighted by molar-refractivity contribution is 0.102. The molecule has 3 rings (SSSR count). The van der Waals surface area contributed by atoms with Gasteiger partial charge in [0.1, 0.15) is 11.5 Å². The maximum absolute atomic E-state index is 13.2. The summed E-state index contributed by atoms with van der Waals surface area (Å²) in [4.78, 5) is 16.4. The third kappa shape index (κ3) is 4.80. The third-order valence-electron chi connectivity index (χ3n) is 3.76. The molecule has 0 radical (unpaired) electrons. The van der Waals surface area contributed by atoms with Crippen molar-refractivity contribution in [3.05, 3.63) is 89.0 Å². The Bertz CT molecular complexity index is 903. The van der Waals surface area contributed by atoms with Crippen LogP contribution in [-0.4, -0.2) is 17.4 Å². The second kappa shape index (κ2) is 8.45. The highest BCUT2D eigenvalue weighted by atomic mass is 35.5. The van der Waals surface area contributed by atoms with Gasteiger partial charge in [-0.3, -0.25) is 9.78 Å². The number of carbonyl (C=O) groups excluding carboxylic acids is 1. The number of rotatable bonds is 6. The van der Waals surface area contributed by atoms with E-state index in [-0.39, 0.29) is 16.6 Å². The van der Waals surface area contributed by atoms with Gasteiger partial charge in [-0.25, -0.2) is 4.39 Å². The van der Waals surface area contributed by atoms with Crippen LogP contribution in [-0.2, 0) is 6.42 Å². The molecule has 0 unspecified atom stereocenters. The molecule has 3 aromatic rings. The Hall–Kier alpha value is -2.92. The zero-order chi connectivity index (χ0) is 18.4. The van der Waals surface area contributed by atoms with Gasteiger partial charge in [0, 0.05) is 24.1 Å². The fourth-order valence-electron chi connectivity index (χ4n) is 2.43. The first-order chi connectivity index (χ1) is 12.6. The SMILES string of the molecule is O=C(Nc1ccc(F)c(Cl)c1)c1cc(NCCc2ccccc2)ccn1. The van der Waals surface area contributed by atoms with Gasteiger partial charge in [0.05, 0.1) is 5.02 Å². The quantitative estimate of drug-likeness (QED) is 0.657. The molecule has 4 nitrogen and oxygen atoms in total. The minimum absolute atomic E-state index is 0.0490. The first-order valence-corrected chi connectivity index (χ1v) is 8.50. The topological polar surface area (TPSA) is 54.0 Å². The lowest BCUT2D eigenvalue weighted by atomic mass is 10.1. The first-order valence-electron chi connectivity index (χ1n) is 8.12. The van der Waals surface area contributed by atoms with E-state index in [0.717, 1.165) is 18.7 Å². The van der Waals surface area contributed by atoms with Crippen molar-refractivity contribution >= 4 is 28.9 Å². The van der Waals surface area contributed by atoms with E-state index < -0.39 is 5.82 Å². The summed E-state index contributed by atoms with van der Waals surface area (Å²) in [6, 6.07) is 17.6. The van der Waals surface area contributed by atoms with Gasteiger partial charge >= 0.3 is 0 Å². The summed E-state index contributed by atoms with van der Waals surface area (Å²) in [7, 11) is 0. The van der Waals surface area contributed by atoms with Crippen LogP contribution in [0.5, 0.6) is 0 Å². The number of amides is 1. The first kappa shape index (κ1) is 17.9. The number of aromatic nitrogens is 1. The summed E-state index contributed by atoms with van der Waals surface area (Å²) < 4.78 is 13.2. The highest BCUT2D eigenvalue weighted by Gasteiger charge is 2.10. The predicted octanol–water partition coefficient (Wildman–Crippen LogP) is 4.78. The number of nitrogens with one attached hydrogen (secondary N) is 2. The van der Waals surface area contributed by atoms with Gasteiger partial charge < -0.3 is 10.6 Å². The van der Waals surface area contributed by atoms with Crippen LogP contribution in [0, 0.1) is 5.82 Å². The Kier molecular flexibility index (Phi) is 5.81. The standard InChI is InChI=1S/C20H17ClFN3O/c21-17-12-16(6-7-18(17)22)25-20(26)19-13-15(9-11-24-19)23-10-8-14-4-2-1-3-5-14/h1-7,9,11-13H,8,10H2,(H,23,24)(H,25,26). The lowest BCUT2D eigenvalue weighted by Crippen LogP contribution is -2.14. The molecular weight excluding hydrogens is 353 g/mol. The van der Waals surface area contributed by atoms with E-state index in [1.54, 1.807) is 18.3 Å². The van der Waals surface area contributed by atoms with Crippen molar-refractivity contribution in [2.75, 3.05) is 17.2 Å². The van der Waals surface area contributed by atoms with Crippen molar-refractivity contribution in [3.63, 3.8) is 0 Å². The molecule has 0 aliphatic carbocycles. The van der Waals surface area contributed by atoms with E-state index in [1.807, 2.05) is 18.2 Å². The second-order valence-electron chi connectivity index (χ2n) is 5.68. The Labute approximate surface area is 156 Å². The maximum Gasteiger partial charge on any atom is 0.274 e. The number of halogens is 2. The molecule has 132 valence electrons. The van der Waals surface area contributed by atoms with E-state index >= 15 is 0 Å². The molecule has 0 bridgehead atoms. The molecule has 0 saturated heterocycles. The van der Waals surface area contributed by atoms with Crippen LogP contribution in [0.15, 0.2) is 66.9 Å². The average molecular weight is 370 g/mol. The fraction of sp³-hybridized carbons (Fsp3) is 0.100. The van der Waals surface area contributed by atoms with Gasteiger partial charge in [-0.15, -0.1) is 0 Å². The largest absolute Gasteiger partial charge is 0.385 e. The molecule has 1 aromatic heterocycles. The van der Waals surface area contributed by atoms with Gasteiger partial charge in [-0.1, -0.05) is 41.9 Å². The second-order valence-corrected chi connectivity index (χ2v) is 6.08. The summed E-state index contributed by atoms with van der Waals surface area (Å²) in [5.74, 6) is -0.924. The predicted molar refractivity (Wildman–Crippen MR) is 102 cm³/mol. The van der Waals surface area contributed by atoms with Crippen molar-refractivity contribution < 1.29 is 9.18 Å². The van der Waals surface area contributed by atoms with Crippen molar-refractivity contribution in [1.29, 1.82) is 0 Å². The molecule has 2 aromatic carbocycles. The summed E-state index contributed by atoms with van der Waals surface area (Å²) in [5, 5.41) is 5.88. The van der Waals surface area contributed by atoms with Gasteiger partial charge in [-0.2, -0.15) is 0 Å². The van der Waals surface area contributed by atoms with E-state index in [4.69, 9.17) is 11.6 Å². The van der Waals surface area contributed by atoms with E-state index in [0.29, 0.717) is 5.69 Å². The number of benzene rings is 2. The molecule has 0 saturated carbocycles. The number of nitrogens with zero attached hydrogens (tertiary/aromatic N) is 1. The van der Waals surface area contributed by atoms with Gasteiger partial charge in [-0.05, 0) is 42.3 Å². The molecule has 26 heavy (non-hydrogen) atoms. The monoisotopic (exact) mass is 369 g/mol. The van der Waals surface area contributed by atoms with Gasteiger partial charge in [0.25, 0.3) is 5.91 Å². The Morgan fingerprint density at radius 3 is 2.62 bits per heavy atom. The number of pyridine rings is 1. The van der Waals surface area contributed by atoms with Crippen LogP contribution >= 0.6 is 11.6 Å². The number of carbonyl (C=O) groups is 1. The minimum Gasteiger partial charge on any atom is -0.385 e. The summed E-state index contributed by atoms with van der Waals surface area (Å²) in [6.07, 6.45) is 2.44. The highest BCUT2D eigenvalue weighted by molar-refractivity contribution is 6.31. The lowest BCUT2D eigenvalue weighted by Gasteiger charge is -2.09. The van der Waals surface area contributed by atoms with Crippen LogP contribution in [0.4, 0.5) is 15.8 Å². The molecule has 2 N–H and O–H groups in total. The number of anilines is 2. The molecular formula is C20H17ClFN3O.